The number of piperidine rings is 1. The number of hydrogen-bond acceptors (Lipinski definition) is 4. The molecule has 1 heterocycles. The van der Waals surface area contributed by atoms with E-state index < -0.39 is 10.7 Å². The number of nitrogens with zero attached hydrogens (tertiary/aromatic N) is 2. The quantitative estimate of drug-likeness (QED) is 0.666. The minimum absolute atomic E-state index is 0.149. The first-order chi connectivity index (χ1) is 9.63. The van der Waals surface area contributed by atoms with E-state index in [4.69, 9.17) is 0 Å². The normalized spacial score (nSPS) is 18.8. The van der Waals surface area contributed by atoms with Crippen LogP contribution < -0.4 is 10.2 Å². The summed E-state index contributed by atoms with van der Waals surface area (Å²) in [6.07, 6.45) is 2.95. The van der Waals surface area contributed by atoms with E-state index in [1.165, 1.54) is 12.1 Å². The highest BCUT2D eigenvalue weighted by Gasteiger charge is 2.26. The van der Waals surface area contributed by atoms with Crippen LogP contribution in [0.3, 0.4) is 0 Å². The van der Waals surface area contributed by atoms with Gasteiger partial charge in [-0.25, -0.2) is 4.39 Å². The van der Waals surface area contributed by atoms with Crippen LogP contribution in [0.4, 0.5) is 15.8 Å². The summed E-state index contributed by atoms with van der Waals surface area (Å²) in [7, 11) is 0. The number of benzene rings is 1. The third-order valence-corrected chi connectivity index (χ3v) is 3.62. The van der Waals surface area contributed by atoms with E-state index >= 15 is 0 Å². The summed E-state index contributed by atoms with van der Waals surface area (Å²) < 4.78 is 13.3. The molecular weight excluding hydrogens is 261 g/mol. The Morgan fingerprint density at radius 3 is 2.95 bits per heavy atom. The zero-order chi connectivity index (χ0) is 14.5. The molecule has 1 unspecified atom stereocenters. The molecule has 1 N–H and O–H groups in total. The van der Waals surface area contributed by atoms with E-state index in [9.17, 15) is 14.5 Å². The van der Waals surface area contributed by atoms with E-state index in [2.05, 4.69) is 5.32 Å². The monoisotopic (exact) mass is 281 g/mol. The van der Waals surface area contributed by atoms with Gasteiger partial charge in [-0.1, -0.05) is 6.92 Å². The average molecular weight is 281 g/mol. The van der Waals surface area contributed by atoms with Crippen LogP contribution in [0.1, 0.15) is 26.2 Å². The van der Waals surface area contributed by atoms with Gasteiger partial charge in [-0.15, -0.1) is 0 Å². The smallest absolute Gasteiger partial charge is 0.295 e. The average Bonchev–Trinajstić information content (AvgIpc) is 2.46. The van der Waals surface area contributed by atoms with Crippen LogP contribution in [0.2, 0.25) is 0 Å². The minimum Gasteiger partial charge on any atom is -0.362 e. The predicted molar refractivity (Wildman–Crippen MR) is 76.6 cm³/mol. The summed E-state index contributed by atoms with van der Waals surface area (Å²) >= 11 is 0. The van der Waals surface area contributed by atoms with E-state index in [1.54, 1.807) is 0 Å². The molecule has 1 aromatic rings. The van der Waals surface area contributed by atoms with E-state index in [-0.39, 0.29) is 11.7 Å². The Morgan fingerprint density at radius 1 is 1.55 bits per heavy atom. The Bertz CT molecular complexity index is 475. The van der Waals surface area contributed by atoms with Crippen molar-refractivity contribution >= 4 is 11.4 Å². The second kappa shape index (κ2) is 6.65. The van der Waals surface area contributed by atoms with Crippen molar-refractivity contribution in [2.45, 2.75) is 32.2 Å². The molecule has 1 aliphatic heterocycles. The molecule has 0 aliphatic carbocycles. The number of hydrogen-bond donors (Lipinski definition) is 1. The fourth-order valence-electron chi connectivity index (χ4n) is 2.73. The molecule has 0 amide bonds. The summed E-state index contributed by atoms with van der Waals surface area (Å²) in [4.78, 5) is 12.7. The van der Waals surface area contributed by atoms with Crippen LogP contribution in [-0.2, 0) is 0 Å². The molecule has 0 bridgehead atoms. The number of rotatable bonds is 5. The first-order valence-electron chi connectivity index (χ1n) is 7.04. The molecule has 110 valence electrons. The standard InChI is InChI=1S/C14H20FN3O2/c1-2-8-17(12-4-3-7-16-10-12)13-6-5-11(15)9-14(13)18(19)20/h5-6,9,12,16H,2-4,7-8,10H2,1H3. The summed E-state index contributed by atoms with van der Waals surface area (Å²) in [6, 6.07) is 4.06. The van der Waals surface area contributed by atoms with Crippen molar-refractivity contribution in [3.63, 3.8) is 0 Å². The highest BCUT2D eigenvalue weighted by molar-refractivity contribution is 5.64. The molecule has 5 nitrogen and oxygen atoms in total. The topological polar surface area (TPSA) is 58.4 Å². The maximum Gasteiger partial charge on any atom is 0.295 e. The van der Waals surface area contributed by atoms with Gasteiger partial charge in [0.25, 0.3) is 5.69 Å². The molecule has 1 aromatic carbocycles. The van der Waals surface area contributed by atoms with Crippen LogP contribution in [-0.4, -0.2) is 30.6 Å². The summed E-state index contributed by atoms with van der Waals surface area (Å²) in [5.41, 5.74) is 0.371. The van der Waals surface area contributed by atoms with Crippen molar-refractivity contribution in [2.75, 3.05) is 24.5 Å². The van der Waals surface area contributed by atoms with Gasteiger partial charge in [0.2, 0.25) is 0 Å². The number of anilines is 1. The highest BCUT2D eigenvalue weighted by Crippen LogP contribution is 2.31. The fourth-order valence-corrected chi connectivity index (χ4v) is 2.73. The van der Waals surface area contributed by atoms with Crippen molar-refractivity contribution in [1.29, 1.82) is 0 Å². The lowest BCUT2D eigenvalue weighted by atomic mass is 10.0. The lowest BCUT2D eigenvalue weighted by molar-refractivity contribution is -0.384. The van der Waals surface area contributed by atoms with Crippen LogP contribution >= 0.6 is 0 Å². The molecule has 6 heteroatoms. The molecule has 1 aliphatic rings. The Hall–Kier alpha value is -1.69. The second-order valence-corrected chi connectivity index (χ2v) is 5.08. The highest BCUT2D eigenvalue weighted by atomic mass is 19.1. The lowest BCUT2D eigenvalue weighted by Gasteiger charge is -2.36. The molecule has 1 saturated heterocycles. The minimum atomic E-state index is -0.571. The first-order valence-corrected chi connectivity index (χ1v) is 7.04. The van der Waals surface area contributed by atoms with Gasteiger partial charge in [-0.2, -0.15) is 0 Å². The maximum atomic E-state index is 13.3. The molecule has 1 atom stereocenters. The molecule has 2 rings (SSSR count). The molecule has 0 saturated carbocycles. The molecule has 0 spiro atoms. The van der Waals surface area contributed by atoms with Crippen molar-refractivity contribution in [1.82, 2.24) is 5.32 Å². The number of nitro benzene ring substituents is 1. The van der Waals surface area contributed by atoms with Crippen molar-refractivity contribution in [3.8, 4) is 0 Å². The van der Waals surface area contributed by atoms with Gasteiger partial charge in [-0.05, 0) is 37.9 Å². The lowest BCUT2D eigenvalue weighted by Crippen LogP contribution is -2.46. The summed E-state index contributed by atoms with van der Waals surface area (Å²) in [6.45, 7) is 4.58. The van der Waals surface area contributed by atoms with E-state index in [0.29, 0.717) is 5.69 Å². The van der Waals surface area contributed by atoms with Gasteiger partial charge in [0.05, 0.1) is 11.0 Å². The van der Waals surface area contributed by atoms with Gasteiger partial charge in [-0.3, -0.25) is 10.1 Å². The van der Waals surface area contributed by atoms with Crippen LogP contribution in [0.15, 0.2) is 18.2 Å². The SMILES string of the molecule is CCCN(c1ccc(F)cc1[N+](=O)[O-])C1CCCNC1. The Labute approximate surface area is 117 Å². The van der Waals surface area contributed by atoms with Gasteiger partial charge in [0, 0.05) is 19.1 Å². The maximum absolute atomic E-state index is 13.3. The van der Waals surface area contributed by atoms with Gasteiger partial charge >= 0.3 is 0 Å². The van der Waals surface area contributed by atoms with Crippen LogP contribution in [0.25, 0.3) is 0 Å². The van der Waals surface area contributed by atoms with Crippen molar-refractivity contribution in [3.05, 3.63) is 34.1 Å². The Balaban J connectivity index is 2.35. The van der Waals surface area contributed by atoms with E-state index in [1.807, 2.05) is 11.8 Å². The zero-order valence-electron chi connectivity index (χ0n) is 11.6. The number of nitro groups is 1. The predicted octanol–water partition coefficient (Wildman–Crippen LogP) is 2.70. The number of halogens is 1. The van der Waals surface area contributed by atoms with Crippen molar-refractivity contribution < 1.29 is 9.31 Å². The summed E-state index contributed by atoms with van der Waals surface area (Å²) in [5.74, 6) is -0.571. The molecule has 0 radical (unpaired) electrons. The first kappa shape index (κ1) is 14.7. The zero-order valence-corrected chi connectivity index (χ0v) is 11.6. The van der Waals surface area contributed by atoms with E-state index in [0.717, 1.165) is 45.0 Å². The molecule has 20 heavy (non-hydrogen) atoms. The summed E-state index contributed by atoms with van der Waals surface area (Å²) in [5, 5.41) is 14.5. The Kier molecular flexibility index (Phi) is 4.89. The number of nitrogens with one attached hydrogen (secondary N) is 1. The largest absolute Gasteiger partial charge is 0.362 e. The Morgan fingerprint density at radius 2 is 2.35 bits per heavy atom. The fraction of sp³-hybridized carbons (Fsp3) is 0.571. The third-order valence-electron chi connectivity index (χ3n) is 3.62. The third kappa shape index (κ3) is 3.25. The molecule has 1 fully saturated rings. The van der Waals surface area contributed by atoms with Gasteiger partial charge in [0.1, 0.15) is 11.5 Å². The van der Waals surface area contributed by atoms with Crippen LogP contribution in [0, 0.1) is 15.9 Å². The van der Waals surface area contributed by atoms with Crippen molar-refractivity contribution in [2.24, 2.45) is 0 Å². The molecular formula is C14H20FN3O2. The second-order valence-electron chi connectivity index (χ2n) is 5.08. The molecule has 0 aromatic heterocycles. The van der Waals surface area contributed by atoms with Crippen LogP contribution in [0.5, 0.6) is 0 Å². The van der Waals surface area contributed by atoms with Gasteiger partial charge in [0.15, 0.2) is 0 Å². The van der Waals surface area contributed by atoms with Gasteiger partial charge < -0.3 is 10.2 Å².